The molecular weight excluding hydrogens is 285 g/mol. The van der Waals surface area contributed by atoms with Crippen molar-refractivity contribution >= 4 is 27.1 Å². The standard InChI is InChI=1S/C14H9F3N2S/c15-14(16,17)10-3-1-2-8-6-12(20-13(8)10)11-5-4-9(18)7-19-11/h1-7H,18H2. The summed E-state index contributed by atoms with van der Waals surface area (Å²) in [6, 6.07) is 9.28. The number of rotatable bonds is 1. The zero-order valence-corrected chi connectivity index (χ0v) is 10.9. The van der Waals surface area contributed by atoms with Gasteiger partial charge in [0.25, 0.3) is 0 Å². The summed E-state index contributed by atoms with van der Waals surface area (Å²) in [6.07, 6.45) is -2.86. The Labute approximate surface area is 116 Å². The van der Waals surface area contributed by atoms with Gasteiger partial charge in [-0.2, -0.15) is 13.2 Å². The van der Waals surface area contributed by atoms with Gasteiger partial charge in [-0.05, 0) is 29.7 Å². The van der Waals surface area contributed by atoms with Gasteiger partial charge < -0.3 is 5.73 Å². The highest BCUT2D eigenvalue weighted by molar-refractivity contribution is 7.22. The molecule has 0 saturated carbocycles. The van der Waals surface area contributed by atoms with Crippen LogP contribution in [0.4, 0.5) is 18.9 Å². The molecule has 0 radical (unpaired) electrons. The fraction of sp³-hybridized carbons (Fsp3) is 0.0714. The summed E-state index contributed by atoms with van der Waals surface area (Å²) in [5, 5.41) is 0.568. The van der Waals surface area contributed by atoms with Crippen LogP contribution in [0.1, 0.15) is 5.56 Å². The van der Waals surface area contributed by atoms with Crippen molar-refractivity contribution in [2.75, 3.05) is 5.73 Å². The lowest BCUT2D eigenvalue weighted by molar-refractivity contribution is -0.136. The summed E-state index contributed by atoms with van der Waals surface area (Å²) in [5.41, 5.74) is 6.08. The van der Waals surface area contributed by atoms with E-state index in [0.717, 1.165) is 17.4 Å². The first kappa shape index (κ1) is 12.9. The van der Waals surface area contributed by atoms with Crippen LogP contribution in [0.15, 0.2) is 42.6 Å². The maximum Gasteiger partial charge on any atom is 0.417 e. The molecule has 0 spiro atoms. The Kier molecular flexibility index (Phi) is 2.90. The Hall–Kier alpha value is -2.08. The van der Waals surface area contributed by atoms with E-state index in [4.69, 9.17) is 5.73 Å². The molecule has 3 rings (SSSR count). The Balaban J connectivity index is 2.18. The van der Waals surface area contributed by atoms with Crippen LogP contribution in [-0.4, -0.2) is 4.98 Å². The number of hydrogen-bond donors (Lipinski definition) is 1. The minimum atomic E-state index is -4.35. The second-order valence-corrected chi connectivity index (χ2v) is 5.36. The van der Waals surface area contributed by atoms with Crippen molar-refractivity contribution in [2.45, 2.75) is 6.18 Å². The quantitative estimate of drug-likeness (QED) is 0.714. The first-order valence-corrected chi connectivity index (χ1v) is 6.58. The fourth-order valence-electron chi connectivity index (χ4n) is 1.96. The molecular formula is C14H9F3N2S. The number of benzene rings is 1. The maximum absolute atomic E-state index is 13.0. The second kappa shape index (κ2) is 4.49. The van der Waals surface area contributed by atoms with E-state index in [1.807, 2.05) is 0 Å². The molecule has 1 aromatic carbocycles. The van der Waals surface area contributed by atoms with E-state index in [2.05, 4.69) is 4.98 Å². The number of thiophene rings is 1. The third kappa shape index (κ3) is 2.22. The largest absolute Gasteiger partial charge is 0.417 e. The third-order valence-electron chi connectivity index (χ3n) is 2.89. The fourth-order valence-corrected chi connectivity index (χ4v) is 3.13. The van der Waals surface area contributed by atoms with Gasteiger partial charge in [0.05, 0.1) is 28.0 Å². The summed E-state index contributed by atoms with van der Waals surface area (Å²) in [7, 11) is 0. The van der Waals surface area contributed by atoms with Gasteiger partial charge in [0.15, 0.2) is 0 Å². The number of anilines is 1. The third-order valence-corrected chi connectivity index (χ3v) is 4.09. The zero-order chi connectivity index (χ0) is 14.3. The Morgan fingerprint density at radius 1 is 1.10 bits per heavy atom. The number of aromatic nitrogens is 1. The van der Waals surface area contributed by atoms with E-state index in [9.17, 15) is 13.2 Å². The molecule has 0 unspecified atom stereocenters. The summed E-state index contributed by atoms with van der Waals surface area (Å²) in [5.74, 6) is 0. The molecule has 2 heterocycles. The molecule has 0 atom stereocenters. The van der Waals surface area contributed by atoms with E-state index in [0.29, 0.717) is 21.6 Å². The van der Waals surface area contributed by atoms with Crippen molar-refractivity contribution in [1.82, 2.24) is 4.98 Å². The highest BCUT2D eigenvalue weighted by Gasteiger charge is 2.33. The van der Waals surface area contributed by atoms with Gasteiger partial charge in [0, 0.05) is 4.70 Å². The molecule has 3 aromatic rings. The van der Waals surface area contributed by atoms with E-state index in [-0.39, 0.29) is 4.70 Å². The van der Waals surface area contributed by atoms with Crippen LogP contribution in [-0.2, 0) is 6.18 Å². The SMILES string of the molecule is Nc1ccc(-c2cc3cccc(C(F)(F)F)c3s2)nc1. The molecule has 20 heavy (non-hydrogen) atoms. The Morgan fingerprint density at radius 3 is 2.55 bits per heavy atom. The highest BCUT2D eigenvalue weighted by Crippen LogP contribution is 2.41. The summed E-state index contributed by atoms with van der Waals surface area (Å²) >= 11 is 1.09. The zero-order valence-electron chi connectivity index (χ0n) is 10.1. The van der Waals surface area contributed by atoms with E-state index < -0.39 is 11.7 Å². The maximum atomic E-state index is 13.0. The van der Waals surface area contributed by atoms with Crippen LogP contribution in [0.2, 0.25) is 0 Å². The molecule has 2 aromatic heterocycles. The molecule has 0 aliphatic heterocycles. The lowest BCUT2D eigenvalue weighted by Crippen LogP contribution is -2.04. The van der Waals surface area contributed by atoms with Crippen LogP contribution in [0.25, 0.3) is 20.7 Å². The molecule has 0 aliphatic rings. The van der Waals surface area contributed by atoms with Gasteiger partial charge in [-0.25, -0.2) is 0 Å². The number of nitrogens with two attached hydrogens (primary N) is 1. The van der Waals surface area contributed by atoms with Crippen LogP contribution in [0, 0.1) is 0 Å². The minimum absolute atomic E-state index is 0.230. The Morgan fingerprint density at radius 2 is 1.90 bits per heavy atom. The predicted molar refractivity (Wildman–Crippen MR) is 74.5 cm³/mol. The van der Waals surface area contributed by atoms with Crippen LogP contribution in [0.3, 0.4) is 0 Å². The molecule has 102 valence electrons. The summed E-state index contributed by atoms with van der Waals surface area (Å²) in [6.45, 7) is 0. The molecule has 0 fully saturated rings. The van der Waals surface area contributed by atoms with Crippen LogP contribution >= 0.6 is 11.3 Å². The first-order chi connectivity index (χ1) is 9.45. The monoisotopic (exact) mass is 294 g/mol. The number of hydrogen-bond acceptors (Lipinski definition) is 3. The predicted octanol–water partition coefficient (Wildman–Crippen LogP) is 4.56. The minimum Gasteiger partial charge on any atom is -0.397 e. The van der Waals surface area contributed by atoms with Crippen LogP contribution < -0.4 is 5.73 Å². The second-order valence-electron chi connectivity index (χ2n) is 4.31. The van der Waals surface area contributed by atoms with Gasteiger partial charge in [-0.15, -0.1) is 11.3 Å². The van der Waals surface area contributed by atoms with Gasteiger partial charge in [0.2, 0.25) is 0 Å². The topological polar surface area (TPSA) is 38.9 Å². The van der Waals surface area contributed by atoms with Gasteiger partial charge in [-0.1, -0.05) is 12.1 Å². The van der Waals surface area contributed by atoms with Crippen molar-refractivity contribution in [1.29, 1.82) is 0 Å². The van der Waals surface area contributed by atoms with E-state index in [1.165, 1.54) is 12.3 Å². The van der Waals surface area contributed by atoms with E-state index in [1.54, 1.807) is 24.3 Å². The number of halogens is 3. The van der Waals surface area contributed by atoms with Gasteiger partial charge >= 0.3 is 6.18 Å². The van der Waals surface area contributed by atoms with Gasteiger partial charge in [-0.3, -0.25) is 4.98 Å². The first-order valence-electron chi connectivity index (χ1n) is 5.77. The average Bonchev–Trinajstić information content (AvgIpc) is 2.81. The summed E-state index contributed by atoms with van der Waals surface area (Å²) in [4.78, 5) is 4.83. The van der Waals surface area contributed by atoms with Crippen molar-refractivity contribution in [3.8, 4) is 10.6 Å². The lowest BCUT2D eigenvalue weighted by atomic mass is 10.1. The molecule has 2 N–H and O–H groups in total. The summed E-state index contributed by atoms with van der Waals surface area (Å²) < 4.78 is 39.1. The number of fused-ring (bicyclic) bond motifs is 1. The molecule has 2 nitrogen and oxygen atoms in total. The number of pyridine rings is 1. The highest BCUT2D eigenvalue weighted by atomic mass is 32.1. The molecule has 0 bridgehead atoms. The molecule has 0 aliphatic carbocycles. The normalized spacial score (nSPS) is 11.9. The lowest BCUT2D eigenvalue weighted by Gasteiger charge is -2.06. The molecule has 6 heteroatoms. The van der Waals surface area contributed by atoms with Crippen molar-refractivity contribution in [3.63, 3.8) is 0 Å². The van der Waals surface area contributed by atoms with Crippen molar-refractivity contribution < 1.29 is 13.2 Å². The van der Waals surface area contributed by atoms with Crippen LogP contribution in [0.5, 0.6) is 0 Å². The number of nitrogens with zero attached hydrogens (tertiary/aromatic N) is 1. The average molecular weight is 294 g/mol. The smallest absolute Gasteiger partial charge is 0.397 e. The molecule has 0 saturated heterocycles. The molecule has 0 amide bonds. The van der Waals surface area contributed by atoms with Crippen molar-refractivity contribution in [3.05, 3.63) is 48.2 Å². The van der Waals surface area contributed by atoms with Gasteiger partial charge in [0.1, 0.15) is 0 Å². The number of nitrogen functional groups attached to an aromatic ring is 1. The number of alkyl halides is 3. The Bertz CT molecular complexity index is 760. The van der Waals surface area contributed by atoms with E-state index >= 15 is 0 Å². The van der Waals surface area contributed by atoms with Crippen molar-refractivity contribution in [2.24, 2.45) is 0 Å².